The van der Waals surface area contributed by atoms with E-state index in [0.29, 0.717) is 0 Å². The summed E-state index contributed by atoms with van der Waals surface area (Å²) in [5.41, 5.74) is 0. The third-order valence-corrected chi connectivity index (χ3v) is 2.30. The summed E-state index contributed by atoms with van der Waals surface area (Å²) in [5, 5.41) is 0. The highest BCUT2D eigenvalue weighted by molar-refractivity contribution is 9.10. The van der Waals surface area contributed by atoms with Crippen LogP contribution in [0.3, 0.4) is 0 Å². The fourth-order valence-electron chi connectivity index (χ4n) is 0.976. The number of hydrogen-bond acceptors (Lipinski definition) is 2. The second kappa shape index (κ2) is 4.95. The van der Waals surface area contributed by atoms with Gasteiger partial charge >= 0.3 is 0 Å². The van der Waals surface area contributed by atoms with Gasteiger partial charge in [-0.2, -0.15) is 0 Å². The van der Waals surface area contributed by atoms with Gasteiger partial charge in [-0.15, -0.1) is 0 Å². The minimum Gasteiger partial charge on any atom is -0.336 e. The van der Waals surface area contributed by atoms with Crippen molar-refractivity contribution in [3.8, 4) is 0 Å². The summed E-state index contributed by atoms with van der Waals surface area (Å²) in [5.74, 6) is 0.991. The van der Waals surface area contributed by atoms with E-state index in [4.69, 9.17) is 0 Å². The summed E-state index contributed by atoms with van der Waals surface area (Å²) in [7, 11) is 2.69. The van der Waals surface area contributed by atoms with Crippen molar-refractivity contribution in [1.82, 2.24) is 14.6 Å². The van der Waals surface area contributed by atoms with Gasteiger partial charge in [-0.3, -0.25) is 4.67 Å². The number of aromatic amines is 1. The molecular formula is C7H13BrN3P. The summed E-state index contributed by atoms with van der Waals surface area (Å²) < 4.78 is 3.10. The van der Waals surface area contributed by atoms with E-state index >= 15 is 0 Å². The zero-order chi connectivity index (χ0) is 8.97. The molecule has 0 aromatic carbocycles. The summed E-state index contributed by atoms with van der Waals surface area (Å²) in [6.45, 7) is 4.09. The number of H-pyrrole nitrogens is 1. The van der Waals surface area contributed by atoms with Crippen molar-refractivity contribution in [3.63, 3.8) is 0 Å². The van der Waals surface area contributed by atoms with E-state index in [0.717, 1.165) is 29.9 Å². The van der Waals surface area contributed by atoms with E-state index in [9.17, 15) is 0 Å². The van der Waals surface area contributed by atoms with Gasteiger partial charge in [-0.25, -0.2) is 4.98 Å². The van der Waals surface area contributed by atoms with Crippen LogP contribution in [0.2, 0.25) is 0 Å². The first kappa shape index (κ1) is 10.2. The van der Waals surface area contributed by atoms with Crippen molar-refractivity contribution in [3.05, 3.63) is 16.6 Å². The van der Waals surface area contributed by atoms with Crippen molar-refractivity contribution < 1.29 is 0 Å². The number of imidazole rings is 1. The number of rotatable bonds is 4. The first-order valence-corrected chi connectivity index (χ1v) is 5.22. The summed E-state index contributed by atoms with van der Waals surface area (Å²) in [6.07, 6.45) is 2.94. The highest BCUT2D eigenvalue weighted by Crippen LogP contribution is 2.09. The van der Waals surface area contributed by atoms with Crippen molar-refractivity contribution in [2.24, 2.45) is 0 Å². The van der Waals surface area contributed by atoms with Crippen LogP contribution >= 0.6 is 25.3 Å². The maximum Gasteiger partial charge on any atom is 0.121 e. The summed E-state index contributed by atoms with van der Waals surface area (Å²) >= 11 is 3.32. The first-order valence-electron chi connectivity index (χ1n) is 3.91. The lowest BCUT2D eigenvalue weighted by Crippen LogP contribution is -2.12. The Morgan fingerprint density at radius 2 is 2.50 bits per heavy atom. The minimum absolute atomic E-state index is 0.851. The normalized spacial score (nSPS) is 11.0. The van der Waals surface area contributed by atoms with Crippen LogP contribution in [0.4, 0.5) is 0 Å². The molecule has 0 fully saturated rings. The van der Waals surface area contributed by atoms with Crippen molar-refractivity contribution in [1.29, 1.82) is 0 Å². The van der Waals surface area contributed by atoms with Crippen LogP contribution in [-0.4, -0.2) is 21.2 Å². The molecule has 1 N–H and O–H groups in total. The van der Waals surface area contributed by atoms with Gasteiger partial charge in [0, 0.05) is 6.54 Å². The van der Waals surface area contributed by atoms with Gasteiger partial charge in [0.1, 0.15) is 10.4 Å². The van der Waals surface area contributed by atoms with Crippen LogP contribution in [0, 0.1) is 0 Å². The average Bonchev–Trinajstić information content (AvgIpc) is 2.36. The molecule has 12 heavy (non-hydrogen) atoms. The van der Waals surface area contributed by atoms with Gasteiger partial charge in [0.2, 0.25) is 0 Å². The smallest absolute Gasteiger partial charge is 0.121 e. The minimum atomic E-state index is 0.851. The molecular weight excluding hydrogens is 237 g/mol. The fraction of sp³-hybridized carbons (Fsp3) is 0.571. The molecule has 3 nitrogen and oxygen atoms in total. The van der Waals surface area contributed by atoms with E-state index in [-0.39, 0.29) is 0 Å². The van der Waals surface area contributed by atoms with E-state index in [1.54, 1.807) is 6.20 Å². The van der Waals surface area contributed by atoms with Gasteiger partial charge in [0.25, 0.3) is 0 Å². The lowest BCUT2D eigenvalue weighted by atomic mass is 10.4. The van der Waals surface area contributed by atoms with Crippen LogP contribution in [0.15, 0.2) is 10.8 Å². The Kier molecular flexibility index (Phi) is 4.19. The fourth-order valence-corrected chi connectivity index (χ4v) is 1.74. The molecule has 0 aliphatic rings. The Morgan fingerprint density at radius 1 is 1.75 bits per heavy atom. The Balaban J connectivity index is 2.41. The quantitative estimate of drug-likeness (QED) is 0.830. The third kappa shape index (κ3) is 3.21. The third-order valence-electron chi connectivity index (χ3n) is 1.46. The molecule has 0 saturated heterocycles. The molecule has 1 heterocycles. The van der Waals surface area contributed by atoms with Gasteiger partial charge < -0.3 is 4.98 Å². The van der Waals surface area contributed by atoms with Gasteiger partial charge in [0.05, 0.1) is 12.7 Å². The SMILES string of the molecule is CCCN(P)Cc1ncc(Br)[nH]1. The van der Waals surface area contributed by atoms with Crippen LogP contribution < -0.4 is 0 Å². The number of nitrogens with one attached hydrogen (secondary N) is 1. The van der Waals surface area contributed by atoms with Crippen LogP contribution in [0.25, 0.3) is 0 Å². The van der Waals surface area contributed by atoms with Gasteiger partial charge in [-0.1, -0.05) is 16.3 Å². The van der Waals surface area contributed by atoms with Gasteiger partial charge in [0.15, 0.2) is 0 Å². The number of halogens is 1. The Morgan fingerprint density at radius 3 is 3.00 bits per heavy atom. The molecule has 0 saturated carbocycles. The second-order valence-corrected chi connectivity index (χ2v) is 4.23. The second-order valence-electron chi connectivity index (χ2n) is 2.65. The molecule has 1 aromatic rings. The standard InChI is InChI=1S/C7H13BrN3P/c1-2-3-11(12)5-7-9-4-6(8)10-7/h4H,2-3,5,12H2,1H3,(H,9,10). The van der Waals surface area contributed by atoms with Crippen LogP contribution in [0.1, 0.15) is 19.2 Å². The highest BCUT2D eigenvalue weighted by Gasteiger charge is 2.01. The molecule has 1 atom stereocenters. The van der Waals surface area contributed by atoms with Crippen molar-refractivity contribution >= 4 is 25.3 Å². The van der Waals surface area contributed by atoms with Crippen molar-refractivity contribution in [2.45, 2.75) is 19.9 Å². The molecule has 1 rings (SSSR count). The predicted molar refractivity (Wildman–Crippen MR) is 56.7 cm³/mol. The highest BCUT2D eigenvalue weighted by atomic mass is 79.9. The lowest BCUT2D eigenvalue weighted by molar-refractivity contribution is 0.452. The van der Waals surface area contributed by atoms with Crippen molar-refractivity contribution in [2.75, 3.05) is 6.54 Å². The summed E-state index contributed by atoms with van der Waals surface area (Å²) in [6, 6.07) is 0. The molecule has 68 valence electrons. The number of aromatic nitrogens is 2. The number of hydrogen-bond donors (Lipinski definition) is 1. The molecule has 1 unspecified atom stereocenters. The maximum atomic E-state index is 4.18. The predicted octanol–water partition coefficient (Wildman–Crippen LogP) is 2.17. The van der Waals surface area contributed by atoms with E-state index in [1.807, 2.05) is 0 Å². The molecule has 1 aromatic heterocycles. The molecule has 0 spiro atoms. The molecule has 5 heteroatoms. The van der Waals surface area contributed by atoms with E-state index in [2.05, 4.69) is 46.9 Å². The largest absolute Gasteiger partial charge is 0.336 e. The zero-order valence-corrected chi connectivity index (χ0v) is 9.79. The lowest BCUT2D eigenvalue weighted by Gasteiger charge is -2.12. The number of nitrogens with zero attached hydrogens (tertiary/aromatic N) is 2. The Bertz CT molecular complexity index is 238. The molecule has 0 amide bonds. The Hall–Kier alpha value is 0.0800. The first-order chi connectivity index (χ1) is 5.72. The average molecular weight is 250 g/mol. The molecule has 0 aliphatic carbocycles. The van der Waals surface area contributed by atoms with Crippen LogP contribution in [-0.2, 0) is 6.54 Å². The molecule has 0 bridgehead atoms. The monoisotopic (exact) mass is 249 g/mol. The van der Waals surface area contributed by atoms with E-state index in [1.165, 1.54) is 0 Å². The maximum absolute atomic E-state index is 4.18. The summed E-state index contributed by atoms with van der Waals surface area (Å²) in [4.78, 5) is 7.30. The molecule has 0 radical (unpaired) electrons. The topological polar surface area (TPSA) is 31.9 Å². The zero-order valence-electron chi connectivity index (χ0n) is 7.05. The Labute approximate surface area is 83.3 Å². The van der Waals surface area contributed by atoms with Gasteiger partial charge in [-0.05, 0) is 22.4 Å². The van der Waals surface area contributed by atoms with Crippen LogP contribution in [0.5, 0.6) is 0 Å². The van der Waals surface area contributed by atoms with E-state index < -0.39 is 0 Å². The molecule has 0 aliphatic heterocycles.